The summed E-state index contributed by atoms with van der Waals surface area (Å²) in [6.45, 7) is 3.68. The van der Waals surface area contributed by atoms with E-state index >= 15 is 0 Å². The van der Waals surface area contributed by atoms with Gasteiger partial charge in [-0.05, 0) is 13.8 Å². The molecule has 78 valence electrons. The van der Waals surface area contributed by atoms with Crippen molar-refractivity contribution in [2.24, 2.45) is 0 Å². The molecule has 0 saturated heterocycles. The summed E-state index contributed by atoms with van der Waals surface area (Å²) < 4.78 is 0. The monoisotopic (exact) mass is 222 g/mol. The number of amides is 1. The maximum Gasteiger partial charge on any atom is 0.268 e. The summed E-state index contributed by atoms with van der Waals surface area (Å²) in [5, 5.41) is 9.37. The summed E-state index contributed by atoms with van der Waals surface area (Å²) >= 11 is 1.32. The van der Waals surface area contributed by atoms with Crippen LogP contribution in [0.5, 0.6) is 0 Å². The lowest BCUT2D eigenvalue weighted by Crippen LogP contribution is -2.11. The molecule has 0 fully saturated rings. The lowest BCUT2D eigenvalue weighted by atomic mass is 10.3. The standard InChI is InChI=1S/C9H10N4OS/c1-5-3-7(13-12-5)11-9(14)8-6(2)10-4-15-8/h3-4H,1-2H3,(H2,11,12,13,14). The van der Waals surface area contributed by atoms with Crippen molar-refractivity contribution in [3.8, 4) is 0 Å². The van der Waals surface area contributed by atoms with E-state index in [-0.39, 0.29) is 5.91 Å². The van der Waals surface area contributed by atoms with E-state index in [1.54, 1.807) is 18.5 Å². The second-order valence-electron chi connectivity index (χ2n) is 3.16. The van der Waals surface area contributed by atoms with Crippen molar-refractivity contribution in [3.05, 3.63) is 27.8 Å². The van der Waals surface area contributed by atoms with Crippen LogP contribution in [0.4, 0.5) is 5.82 Å². The summed E-state index contributed by atoms with van der Waals surface area (Å²) in [6, 6.07) is 1.77. The minimum atomic E-state index is -0.165. The molecule has 0 spiro atoms. The zero-order valence-corrected chi connectivity index (χ0v) is 9.18. The number of aryl methyl sites for hydroxylation is 2. The Labute approximate surface area is 90.6 Å². The molecule has 6 heteroatoms. The number of nitrogens with zero attached hydrogens (tertiary/aromatic N) is 2. The minimum absolute atomic E-state index is 0.165. The molecule has 0 bridgehead atoms. The van der Waals surface area contributed by atoms with Crippen molar-refractivity contribution in [1.29, 1.82) is 0 Å². The second-order valence-corrected chi connectivity index (χ2v) is 4.01. The van der Waals surface area contributed by atoms with E-state index in [2.05, 4.69) is 20.5 Å². The average molecular weight is 222 g/mol. The van der Waals surface area contributed by atoms with Crippen LogP contribution in [-0.4, -0.2) is 21.1 Å². The highest BCUT2D eigenvalue weighted by Crippen LogP contribution is 2.14. The number of carbonyl (C=O) groups excluding carboxylic acids is 1. The van der Waals surface area contributed by atoms with E-state index in [0.29, 0.717) is 10.7 Å². The van der Waals surface area contributed by atoms with Crippen LogP contribution in [0.1, 0.15) is 21.1 Å². The molecule has 1 amide bonds. The first kappa shape index (κ1) is 9.85. The van der Waals surface area contributed by atoms with Crippen molar-refractivity contribution >= 4 is 23.1 Å². The normalized spacial score (nSPS) is 10.3. The van der Waals surface area contributed by atoms with Crippen molar-refractivity contribution < 1.29 is 4.79 Å². The molecule has 2 aromatic heterocycles. The van der Waals surface area contributed by atoms with E-state index < -0.39 is 0 Å². The van der Waals surface area contributed by atoms with Gasteiger partial charge in [-0.15, -0.1) is 11.3 Å². The number of hydrogen-bond donors (Lipinski definition) is 2. The van der Waals surface area contributed by atoms with Gasteiger partial charge in [0, 0.05) is 11.8 Å². The van der Waals surface area contributed by atoms with Gasteiger partial charge >= 0.3 is 0 Å². The van der Waals surface area contributed by atoms with Gasteiger partial charge in [0.25, 0.3) is 5.91 Å². The summed E-state index contributed by atoms with van der Waals surface area (Å²) in [4.78, 5) is 16.3. The number of anilines is 1. The average Bonchev–Trinajstić information content (AvgIpc) is 2.75. The van der Waals surface area contributed by atoms with Crippen LogP contribution in [-0.2, 0) is 0 Å². The lowest BCUT2D eigenvalue weighted by molar-refractivity contribution is 0.102. The van der Waals surface area contributed by atoms with Crippen LogP contribution in [0.3, 0.4) is 0 Å². The molecule has 0 aromatic carbocycles. The Hall–Kier alpha value is -1.69. The SMILES string of the molecule is Cc1cc(NC(=O)c2scnc2C)n[nH]1. The largest absolute Gasteiger partial charge is 0.304 e. The van der Waals surface area contributed by atoms with Gasteiger partial charge in [0.15, 0.2) is 5.82 Å². The molecule has 0 atom stereocenters. The number of H-pyrrole nitrogens is 1. The summed E-state index contributed by atoms with van der Waals surface area (Å²) in [6.07, 6.45) is 0. The van der Waals surface area contributed by atoms with Crippen molar-refractivity contribution in [2.45, 2.75) is 13.8 Å². The quantitative estimate of drug-likeness (QED) is 0.813. The third kappa shape index (κ3) is 2.04. The van der Waals surface area contributed by atoms with E-state index in [0.717, 1.165) is 11.4 Å². The maximum absolute atomic E-state index is 11.7. The number of aromatic nitrogens is 3. The van der Waals surface area contributed by atoms with E-state index in [9.17, 15) is 4.79 Å². The molecule has 5 nitrogen and oxygen atoms in total. The Bertz CT molecular complexity index is 488. The molecular formula is C9H10N4OS. The predicted molar refractivity (Wildman–Crippen MR) is 58.1 cm³/mol. The molecule has 0 aliphatic heterocycles. The topological polar surface area (TPSA) is 70.7 Å². The maximum atomic E-state index is 11.7. The van der Waals surface area contributed by atoms with Gasteiger partial charge in [-0.1, -0.05) is 0 Å². The van der Waals surface area contributed by atoms with Gasteiger partial charge in [-0.3, -0.25) is 9.89 Å². The fourth-order valence-corrected chi connectivity index (χ4v) is 1.87. The molecule has 2 aromatic rings. The number of carbonyl (C=O) groups is 1. The van der Waals surface area contributed by atoms with Crippen molar-refractivity contribution in [3.63, 3.8) is 0 Å². The third-order valence-corrected chi connectivity index (χ3v) is 2.83. The molecule has 0 aliphatic carbocycles. The molecule has 2 N–H and O–H groups in total. The van der Waals surface area contributed by atoms with Gasteiger partial charge in [-0.2, -0.15) is 5.10 Å². The van der Waals surface area contributed by atoms with Gasteiger partial charge < -0.3 is 5.32 Å². The summed E-state index contributed by atoms with van der Waals surface area (Å²) in [5.74, 6) is 0.367. The van der Waals surface area contributed by atoms with Gasteiger partial charge in [0.1, 0.15) is 4.88 Å². The predicted octanol–water partition coefficient (Wildman–Crippen LogP) is 1.74. The smallest absolute Gasteiger partial charge is 0.268 e. The van der Waals surface area contributed by atoms with Crippen LogP contribution in [0, 0.1) is 13.8 Å². The van der Waals surface area contributed by atoms with Gasteiger partial charge in [0.05, 0.1) is 11.2 Å². The first-order valence-corrected chi connectivity index (χ1v) is 5.28. The van der Waals surface area contributed by atoms with Crippen LogP contribution >= 0.6 is 11.3 Å². The minimum Gasteiger partial charge on any atom is -0.304 e. The number of aromatic amines is 1. The lowest BCUT2D eigenvalue weighted by Gasteiger charge is -1.98. The van der Waals surface area contributed by atoms with E-state index in [1.165, 1.54) is 11.3 Å². The molecule has 0 saturated carbocycles. The van der Waals surface area contributed by atoms with E-state index in [4.69, 9.17) is 0 Å². The van der Waals surface area contributed by atoms with Crippen LogP contribution < -0.4 is 5.32 Å². The fraction of sp³-hybridized carbons (Fsp3) is 0.222. The third-order valence-electron chi connectivity index (χ3n) is 1.90. The van der Waals surface area contributed by atoms with Gasteiger partial charge in [-0.25, -0.2) is 4.98 Å². The van der Waals surface area contributed by atoms with Crippen LogP contribution in [0.15, 0.2) is 11.6 Å². The Morgan fingerprint density at radius 1 is 1.53 bits per heavy atom. The van der Waals surface area contributed by atoms with Crippen molar-refractivity contribution in [2.75, 3.05) is 5.32 Å². The number of hydrogen-bond acceptors (Lipinski definition) is 4. The number of thiazole rings is 1. The molecule has 0 radical (unpaired) electrons. The number of nitrogens with one attached hydrogen (secondary N) is 2. The Kier molecular flexibility index (Phi) is 2.51. The number of rotatable bonds is 2. The first-order chi connectivity index (χ1) is 7.16. The van der Waals surface area contributed by atoms with Crippen LogP contribution in [0.25, 0.3) is 0 Å². The second kappa shape index (κ2) is 3.82. The summed E-state index contributed by atoms with van der Waals surface area (Å²) in [7, 11) is 0. The molecular weight excluding hydrogens is 212 g/mol. The Morgan fingerprint density at radius 2 is 2.33 bits per heavy atom. The Morgan fingerprint density at radius 3 is 2.87 bits per heavy atom. The molecule has 0 unspecified atom stereocenters. The molecule has 0 aliphatic rings. The first-order valence-electron chi connectivity index (χ1n) is 4.40. The highest BCUT2D eigenvalue weighted by molar-refractivity contribution is 7.12. The molecule has 15 heavy (non-hydrogen) atoms. The summed E-state index contributed by atoms with van der Waals surface area (Å²) in [5.41, 5.74) is 3.30. The fourth-order valence-electron chi connectivity index (χ4n) is 1.17. The highest BCUT2D eigenvalue weighted by atomic mass is 32.1. The van der Waals surface area contributed by atoms with E-state index in [1.807, 2.05) is 6.92 Å². The van der Waals surface area contributed by atoms with Gasteiger partial charge in [0.2, 0.25) is 0 Å². The molecule has 2 rings (SSSR count). The van der Waals surface area contributed by atoms with Crippen molar-refractivity contribution in [1.82, 2.24) is 15.2 Å². The zero-order chi connectivity index (χ0) is 10.8. The highest BCUT2D eigenvalue weighted by Gasteiger charge is 2.12. The Balaban J connectivity index is 2.14. The van der Waals surface area contributed by atoms with Crippen LogP contribution in [0.2, 0.25) is 0 Å². The molecule has 2 heterocycles. The zero-order valence-electron chi connectivity index (χ0n) is 8.37.